The van der Waals surface area contributed by atoms with Crippen LogP contribution < -0.4 is 5.73 Å². The summed E-state index contributed by atoms with van der Waals surface area (Å²) in [5.41, 5.74) is 9.03. The van der Waals surface area contributed by atoms with Gasteiger partial charge in [-0.15, -0.1) is 0 Å². The summed E-state index contributed by atoms with van der Waals surface area (Å²) < 4.78 is 15.0. The maximum Gasteiger partial charge on any atom is 0.123 e. The Morgan fingerprint density at radius 3 is 2.89 bits per heavy atom. The third kappa shape index (κ3) is 2.76. The number of halogens is 1. The molecule has 0 amide bonds. The van der Waals surface area contributed by atoms with Gasteiger partial charge >= 0.3 is 0 Å². The largest absolute Gasteiger partial charge is 0.333 e. The molecule has 2 N–H and O–H groups in total. The highest BCUT2D eigenvalue weighted by atomic mass is 19.1. The second-order valence-corrected chi connectivity index (χ2v) is 4.62. The number of hydrogen-bond donors (Lipinski definition) is 1. The monoisotopic (exact) mass is 247 g/mol. The Balaban J connectivity index is 2.09. The molecule has 0 unspecified atom stereocenters. The van der Waals surface area contributed by atoms with Crippen molar-refractivity contribution in [1.82, 2.24) is 9.55 Å². The van der Waals surface area contributed by atoms with E-state index in [-0.39, 0.29) is 11.9 Å². The van der Waals surface area contributed by atoms with Gasteiger partial charge in [0, 0.05) is 18.8 Å². The molecule has 4 heteroatoms. The number of nitrogens with two attached hydrogens (primary N) is 1. The number of rotatable bonds is 4. The lowest BCUT2D eigenvalue weighted by Gasteiger charge is -2.11. The predicted octanol–water partition coefficient (Wildman–Crippen LogP) is 2.59. The van der Waals surface area contributed by atoms with Gasteiger partial charge in [0.25, 0.3) is 0 Å². The van der Waals surface area contributed by atoms with E-state index in [4.69, 9.17) is 5.73 Å². The molecule has 0 saturated heterocycles. The molecule has 0 fully saturated rings. The summed E-state index contributed by atoms with van der Waals surface area (Å²) in [6.07, 6.45) is 4.43. The van der Waals surface area contributed by atoms with Crippen molar-refractivity contribution in [2.75, 3.05) is 0 Å². The van der Waals surface area contributed by atoms with Gasteiger partial charge in [-0.3, -0.25) is 0 Å². The molecule has 0 spiro atoms. The van der Waals surface area contributed by atoms with E-state index in [2.05, 4.69) is 4.98 Å². The average Bonchev–Trinajstić information content (AvgIpc) is 2.76. The molecule has 0 saturated carbocycles. The molecule has 3 nitrogen and oxygen atoms in total. The Morgan fingerprint density at radius 1 is 1.44 bits per heavy atom. The molecule has 0 aliphatic carbocycles. The van der Waals surface area contributed by atoms with E-state index in [9.17, 15) is 4.39 Å². The van der Waals surface area contributed by atoms with Gasteiger partial charge in [-0.05, 0) is 43.5 Å². The first-order valence-electron chi connectivity index (χ1n) is 6.08. The van der Waals surface area contributed by atoms with E-state index in [0.29, 0.717) is 0 Å². The van der Waals surface area contributed by atoms with Crippen LogP contribution in [0.4, 0.5) is 4.39 Å². The van der Waals surface area contributed by atoms with Crippen molar-refractivity contribution in [3.63, 3.8) is 0 Å². The number of imidazole rings is 1. The van der Waals surface area contributed by atoms with Crippen LogP contribution in [-0.2, 0) is 13.0 Å². The van der Waals surface area contributed by atoms with Crippen LogP contribution in [0.15, 0.2) is 30.7 Å². The predicted molar refractivity (Wildman–Crippen MR) is 69.7 cm³/mol. The zero-order valence-corrected chi connectivity index (χ0v) is 10.7. The Bertz CT molecular complexity index is 532. The molecule has 1 aromatic heterocycles. The standard InChI is InChI=1S/C14H18FN3/c1-10-7-13(15)4-3-12(10)5-6-18-9-17-8-14(18)11(2)16/h3-4,7-9,11H,5-6,16H2,1-2H3/t11-/m0/s1. The third-order valence-corrected chi connectivity index (χ3v) is 3.14. The van der Waals surface area contributed by atoms with Gasteiger partial charge in [0.1, 0.15) is 5.82 Å². The number of hydrogen-bond acceptors (Lipinski definition) is 2. The van der Waals surface area contributed by atoms with Crippen molar-refractivity contribution < 1.29 is 4.39 Å². The fourth-order valence-corrected chi connectivity index (χ4v) is 2.08. The highest BCUT2D eigenvalue weighted by Gasteiger charge is 2.07. The lowest BCUT2D eigenvalue weighted by atomic mass is 10.1. The van der Waals surface area contributed by atoms with Crippen molar-refractivity contribution in [2.45, 2.75) is 32.9 Å². The summed E-state index contributed by atoms with van der Waals surface area (Å²) in [6.45, 7) is 4.68. The first-order chi connectivity index (χ1) is 8.58. The molecule has 2 rings (SSSR count). The van der Waals surface area contributed by atoms with Gasteiger partial charge in [-0.25, -0.2) is 9.37 Å². The third-order valence-electron chi connectivity index (χ3n) is 3.14. The quantitative estimate of drug-likeness (QED) is 0.902. The molecule has 0 radical (unpaired) electrons. The molecule has 0 bridgehead atoms. The fourth-order valence-electron chi connectivity index (χ4n) is 2.08. The van der Waals surface area contributed by atoms with Gasteiger partial charge in [0.05, 0.1) is 12.0 Å². The van der Waals surface area contributed by atoms with Crippen LogP contribution in [0.25, 0.3) is 0 Å². The summed E-state index contributed by atoms with van der Waals surface area (Å²) in [7, 11) is 0. The lowest BCUT2D eigenvalue weighted by Crippen LogP contribution is -2.13. The molecule has 1 atom stereocenters. The minimum atomic E-state index is -0.185. The first-order valence-corrected chi connectivity index (χ1v) is 6.08. The molecule has 0 aliphatic heterocycles. The van der Waals surface area contributed by atoms with E-state index < -0.39 is 0 Å². The van der Waals surface area contributed by atoms with Crippen LogP contribution in [0, 0.1) is 12.7 Å². The Morgan fingerprint density at radius 2 is 2.22 bits per heavy atom. The highest BCUT2D eigenvalue weighted by Crippen LogP contribution is 2.14. The SMILES string of the molecule is Cc1cc(F)ccc1CCn1cncc1[C@H](C)N. The number of aryl methyl sites for hydroxylation is 3. The van der Waals surface area contributed by atoms with Crippen LogP contribution in [0.2, 0.25) is 0 Å². The lowest BCUT2D eigenvalue weighted by molar-refractivity contribution is 0.614. The maximum atomic E-state index is 13.0. The molecular formula is C14H18FN3. The Hall–Kier alpha value is -1.68. The second kappa shape index (κ2) is 5.31. The summed E-state index contributed by atoms with van der Waals surface area (Å²) in [4.78, 5) is 4.12. The van der Waals surface area contributed by atoms with Crippen molar-refractivity contribution in [3.8, 4) is 0 Å². The molecular weight excluding hydrogens is 229 g/mol. The normalized spacial score (nSPS) is 12.7. The zero-order valence-electron chi connectivity index (χ0n) is 10.7. The van der Waals surface area contributed by atoms with Crippen LogP contribution in [0.1, 0.15) is 29.8 Å². The molecule has 96 valence electrons. The number of benzene rings is 1. The van der Waals surface area contributed by atoms with Crippen molar-refractivity contribution >= 4 is 0 Å². The minimum absolute atomic E-state index is 0.0261. The second-order valence-electron chi connectivity index (χ2n) is 4.62. The summed E-state index contributed by atoms with van der Waals surface area (Å²) in [5.74, 6) is -0.185. The van der Waals surface area contributed by atoms with Crippen molar-refractivity contribution in [3.05, 3.63) is 53.4 Å². The smallest absolute Gasteiger partial charge is 0.123 e. The topological polar surface area (TPSA) is 43.8 Å². The first kappa shape index (κ1) is 12.8. The number of aromatic nitrogens is 2. The number of nitrogens with zero attached hydrogens (tertiary/aromatic N) is 2. The summed E-state index contributed by atoms with van der Waals surface area (Å²) in [6, 6.07) is 4.88. The van der Waals surface area contributed by atoms with Gasteiger partial charge in [0.2, 0.25) is 0 Å². The van der Waals surface area contributed by atoms with Crippen molar-refractivity contribution in [2.24, 2.45) is 5.73 Å². The minimum Gasteiger partial charge on any atom is -0.333 e. The zero-order chi connectivity index (χ0) is 13.1. The Labute approximate surface area is 106 Å². The molecule has 1 aromatic carbocycles. The van der Waals surface area contributed by atoms with Crippen LogP contribution in [0.5, 0.6) is 0 Å². The van der Waals surface area contributed by atoms with E-state index in [1.165, 1.54) is 6.07 Å². The van der Waals surface area contributed by atoms with Crippen molar-refractivity contribution in [1.29, 1.82) is 0 Å². The fraction of sp³-hybridized carbons (Fsp3) is 0.357. The van der Waals surface area contributed by atoms with E-state index in [1.54, 1.807) is 18.6 Å². The molecule has 18 heavy (non-hydrogen) atoms. The van der Waals surface area contributed by atoms with Gasteiger partial charge in [-0.1, -0.05) is 6.07 Å². The summed E-state index contributed by atoms with van der Waals surface area (Å²) >= 11 is 0. The van der Waals surface area contributed by atoms with E-state index in [1.807, 2.05) is 24.5 Å². The Kier molecular flexibility index (Phi) is 3.77. The van der Waals surface area contributed by atoms with E-state index in [0.717, 1.165) is 29.8 Å². The van der Waals surface area contributed by atoms with E-state index >= 15 is 0 Å². The average molecular weight is 247 g/mol. The van der Waals surface area contributed by atoms with Gasteiger partial charge in [-0.2, -0.15) is 0 Å². The van der Waals surface area contributed by atoms with Crippen LogP contribution >= 0.6 is 0 Å². The van der Waals surface area contributed by atoms with Gasteiger partial charge < -0.3 is 10.3 Å². The molecule has 1 heterocycles. The van der Waals surface area contributed by atoms with Gasteiger partial charge in [0.15, 0.2) is 0 Å². The maximum absolute atomic E-state index is 13.0. The highest BCUT2D eigenvalue weighted by molar-refractivity contribution is 5.26. The summed E-state index contributed by atoms with van der Waals surface area (Å²) in [5, 5.41) is 0. The van der Waals surface area contributed by atoms with Crippen LogP contribution in [-0.4, -0.2) is 9.55 Å². The molecule has 0 aliphatic rings. The van der Waals surface area contributed by atoms with Crippen LogP contribution in [0.3, 0.4) is 0 Å². The molecule has 2 aromatic rings.